The molecule has 0 amide bonds. The molecule has 0 atom stereocenters. The molecular weight excluding hydrogens is 193 g/mol. The van der Waals surface area contributed by atoms with Crippen molar-refractivity contribution in [2.24, 2.45) is 0 Å². The molecule has 78 valence electrons. The number of anilines is 1. The van der Waals surface area contributed by atoms with E-state index >= 15 is 0 Å². The minimum absolute atomic E-state index is 0.113. The zero-order chi connectivity index (χ0) is 10.8. The summed E-state index contributed by atoms with van der Waals surface area (Å²) in [6.45, 7) is 0. The number of nitrogens with one attached hydrogen (secondary N) is 1. The molecule has 0 radical (unpaired) electrons. The lowest BCUT2D eigenvalue weighted by molar-refractivity contribution is -0.137. The number of rotatable bonds is 2. The summed E-state index contributed by atoms with van der Waals surface area (Å²) in [5.74, 6) is 0. The smallest absolute Gasteiger partial charge is 0.311 e. The van der Waals surface area contributed by atoms with Crippen LogP contribution in [0.25, 0.3) is 0 Å². The van der Waals surface area contributed by atoms with Gasteiger partial charge in [-0.05, 0) is 12.1 Å². The Morgan fingerprint density at radius 1 is 1.21 bits per heavy atom. The SMILES string of the molecule is CNN(C)c1ccccc1C(F)(F)F. The predicted octanol–water partition coefficient (Wildman–Crippen LogP) is 2.28. The van der Waals surface area contributed by atoms with Gasteiger partial charge in [0.2, 0.25) is 0 Å². The number of hydrogen-bond donors (Lipinski definition) is 1. The van der Waals surface area contributed by atoms with E-state index in [9.17, 15) is 13.2 Å². The van der Waals surface area contributed by atoms with Gasteiger partial charge in [-0.2, -0.15) is 13.2 Å². The maximum absolute atomic E-state index is 12.5. The molecule has 1 aromatic rings. The summed E-state index contributed by atoms with van der Waals surface area (Å²) in [4.78, 5) is 0. The van der Waals surface area contributed by atoms with Crippen LogP contribution < -0.4 is 10.4 Å². The Labute approximate surface area is 80.3 Å². The lowest BCUT2D eigenvalue weighted by Gasteiger charge is -2.21. The molecule has 5 heteroatoms. The molecule has 0 saturated heterocycles. The normalized spacial score (nSPS) is 11.5. The zero-order valence-electron chi connectivity index (χ0n) is 7.89. The van der Waals surface area contributed by atoms with Gasteiger partial charge in [0, 0.05) is 14.1 Å². The van der Waals surface area contributed by atoms with E-state index in [-0.39, 0.29) is 5.69 Å². The van der Waals surface area contributed by atoms with E-state index in [2.05, 4.69) is 5.43 Å². The fraction of sp³-hybridized carbons (Fsp3) is 0.333. The molecule has 0 bridgehead atoms. The number of hydrogen-bond acceptors (Lipinski definition) is 2. The standard InChI is InChI=1S/C9H11F3N2/c1-13-14(2)8-6-4-3-5-7(8)9(10,11)12/h3-6,13H,1-2H3. The van der Waals surface area contributed by atoms with Crippen molar-refractivity contribution in [3.63, 3.8) is 0 Å². The molecule has 0 fully saturated rings. The topological polar surface area (TPSA) is 15.3 Å². The Kier molecular flexibility index (Phi) is 3.00. The van der Waals surface area contributed by atoms with Crippen LogP contribution in [0.2, 0.25) is 0 Å². The van der Waals surface area contributed by atoms with Crippen LogP contribution in [0, 0.1) is 0 Å². The molecule has 0 saturated carbocycles. The van der Waals surface area contributed by atoms with Gasteiger partial charge in [0.1, 0.15) is 0 Å². The van der Waals surface area contributed by atoms with Crippen molar-refractivity contribution < 1.29 is 13.2 Å². The van der Waals surface area contributed by atoms with E-state index in [1.165, 1.54) is 24.2 Å². The molecule has 0 aromatic heterocycles. The summed E-state index contributed by atoms with van der Waals surface area (Å²) < 4.78 is 37.5. The minimum Gasteiger partial charge on any atom is -0.311 e. The van der Waals surface area contributed by atoms with Crippen molar-refractivity contribution >= 4 is 5.69 Å². The van der Waals surface area contributed by atoms with Gasteiger partial charge in [0.25, 0.3) is 0 Å². The van der Waals surface area contributed by atoms with Crippen LogP contribution in [0.1, 0.15) is 5.56 Å². The Hall–Kier alpha value is -1.23. The van der Waals surface area contributed by atoms with Crippen molar-refractivity contribution in [2.75, 3.05) is 19.1 Å². The summed E-state index contributed by atoms with van der Waals surface area (Å²) in [5.41, 5.74) is 2.10. The lowest BCUT2D eigenvalue weighted by Crippen LogP contribution is -2.32. The molecule has 0 spiro atoms. The fourth-order valence-corrected chi connectivity index (χ4v) is 1.13. The second kappa shape index (κ2) is 3.88. The number of benzene rings is 1. The van der Waals surface area contributed by atoms with Gasteiger partial charge >= 0.3 is 6.18 Å². The largest absolute Gasteiger partial charge is 0.418 e. The van der Waals surface area contributed by atoms with E-state index in [1.54, 1.807) is 13.1 Å². The number of alkyl halides is 3. The molecule has 1 N–H and O–H groups in total. The van der Waals surface area contributed by atoms with Gasteiger partial charge in [-0.15, -0.1) is 0 Å². The first kappa shape index (κ1) is 10.8. The predicted molar refractivity (Wildman–Crippen MR) is 48.9 cm³/mol. The monoisotopic (exact) mass is 204 g/mol. The fourth-order valence-electron chi connectivity index (χ4n) is 1.13. The van der Waals surface area contributed by atoms with Gasteiger partial charge in [-0.1, -0.05) is 12.1 Å². The van der Waals surface area contributed by atoms with Crippen molar-refractivity contribution in [3.8, 4) is 0 Å². The summed E-state index contributed by atoms with van der Waals surface area (Å²) in [6.07, 6.45) is -4.32. The van der Waals surface area contributed by atoms with Gasteiger partial charge in [-0.25, -0.2) is 5.43 Å². The number of para-hydroxylation sites is 1. The van der Waals surface area contributed by atoms with E-state index in [1.807, 2.05) is 0 Å². The number of nitrogens with zero attached hydrogens (tertiary/aromatic N) is 1. The molecule has 0 aliphatic carbocycles. The van der Waals surface area contributed by atoms with Gasteiger partial charge in [0.05, 0.1) is 11.3 Å². The van der Waals surface area contributed by atoms with Crippen molar-refractivity contribution in [2.45, 2.75) is 6.18 Å². The first-order chi connectivity index (χ1) is 6.46. The van der Waals surface area contributed by atoms with Crippen molar-refractivity contribution in [1.82, 2.24) is 5.43 Å². The van der Waals surface area contributed by atoms with Gasteiger partial charge in [0.15, 0.2) is 0 Å². The third-order valence-electron chi connectivity index (χ3n) is 1.91. The zero-order valence-corrected chi connectivity index (χ0v) is 7.89. The molecular formula is C9H11F3N2. The van der Waals surface area contributed by atoms with Crippen molar-refractivity contribution in [3.05, 3.63) is 29.8 Å². The summed E-state index contributed by atoms with van der Waals surface area (Å²) in [5, 5.41) is 1.32. The Bertz CT molecular complexity index is 309. The second-order valence-electron chi connectivity index (χ2n) is 2.80. The second-order valence-corrected chi connectivity index (χ2v) is 2.80. The summed E-state index contributed by atoms with van der Waals surface area (Å²) in [6, 6.07) is 5.41. The van der Waals surface area contributed by atoms with Gasteiger partial charge < -0.3 is 5.01 Å². The molecule has 0 aliphatic heterocycles. The van der Waals surface area contributed by atoms with E-state index in [4.69, 9.17) is 0 Å². The highest BCUT2D eigenvalue weighted by Crippen LogP contribution is 2.35. The first-order valence-corrected chi connectivity index (χ1v) is 4.04. The average molecular weight is 204 g/mol. The molecule has 14 heavy (non-hydrogen) atoms. The molecule has 0 aliphatic rings. The maximum atomic E-state index is 12.5. The van der Waals surface area contributed by atoms with Crippen LogP contribution in [0.5, 0.6) is 0 Å². The third kappa shape index (κ3) is 2.17. The molecule has 0 unspecified atom stereocenters. The molecule has 0 heterocycles. The first-order valence-electron chi connectivity index (χ1n) is 4.04. The van der Waals surface area contributed by atoms with Crippen LogP contribution >= 0.6 is 0 Å². The summed E-state index contributed by atoms with van der Waals surface area (Å²) in [7, 11) is 3.09. The third-order valence-corrected chi connectivity index (χ3v) is 1.91. The Balaban J connectivity index is 3.16. The quantitative estimate of drug-likeness (QED) is 0.743. The van der Waals surface area contributed by atoms with Crippen LogP contribution in [0.4, 0.5) is 18.9 Å². The minimum atomic E-state index is -4.32. The van der Waals surface area contributed by atoms with Crippen LogP contribution in [-0.4, -0.2) is 14.1 Å². The van der Waals surface area contributed by atoms with Crippen LogP contribution in [0.3, 0.4) is 0 Å². The highest BCUT2D eigenvalue weighted by molar-refractivity contribution is 5.53. The van der Waals surface area contributed by atoms with E-state index in [0.717, 1.165) is 6.07 Å². The average Bonchev–Trinajstić information content (AvgIpc) is 2.15. The molecule has 1 aromatic carbocycles. The summed E-state index contributed by atoms with van der Waals surface area (Å²) >= 11 is 0. The number of halogens is 3. The Morgan fingerprint density at radius 3 is 2.29 bits per heavy atom. The highest BCUT2D eigenvalue weighted by atomic mass is 19.4. The highest BCUT2D eigenvalue weighted by Gasteiger charge is 2.33. The van der Waals surface area contributed by atoms with Gasteiger partial charge in [-0.3, -0.25) is 0 Å². The maximum Gasteiger partial charge on any atom is 0.418 e. The number of hydrazine groups is 1. The lowest BCUT2D eigenvalue weighted by atomic mass is 10.1. The molecule has 2 nitrogen and oxygen atoms in total. The van der Waals surface area contributed by atoms with Crippen LogP contribution in [0.15, 0.2) is 24.3 Å². The van der Waals surface area contributed by atoms with Crippen molar-refractivity contribution in [1.29, 1.82) is 0 Å². The van der Waals surface area contributed by atoms with E-state index < -0.39 is 11.7 Å². The Morgan fingerprint density at radius 2 is 1.79 bits per heavy atom. The van der Waals surface area contributed by atoms with Crippen LogP contribution in [-0.2, 0) is 6.18 Å². The molecule has 1 rings (SSSR count). The van der Waals surface area contributed by atoms with E-state index in [0.29, 0.717) is 0 Å².